The quantitative estimate of drug-likeness (QED) is 0.739. The minimum absolute atomic E-state index is 0.174. The van der Waals surface area contributed by atoms with Crippen LogP contribution in [-0.4, -0.2) is 59.9 Å². The molecule has 0 spiro atoms. The topological polar surface area (TPSA) is 24.9 Å². The summed E-state index contributed by atoms with van der Waals surface area (Å²) >= 11 is 0. The van der Waals surface area contributed by atoms with Crippen LogP contribution in [0.5, 0.6) is 0 Å². The second-order valence-corrected chi connectivity index (χ2v) is 7.70. The molecule has 6 heteroatoms. The van der Waals surface area contributed by atoms with Crippen LogP contribution in [0.2, 0.25) is 0 Å². The minimum atomic E-state index is -0.258. The van der Waals surface area contributed by atoms with Crippen LogP contribution in [0, 0.1) is 0 Å². The van der Waals surface area contributed by atoms with E-state index in [-0.39, 0.29) is 25.1 Å². The molecule has 2 fully saturated rings. The van der Waals surface area contributed by atoms with Crippen molar-refractivity contribution >= 4 is 13.9 Å². The Bertz CT molecular complexity index is 329. The van der Waals surface area contributed by atoms with Gasteiger partial charge in [0.1, 0.15) is 0 Å². The van der Waals surface area contributed by atoms with Crippen molar-refractivity contribution in [2.45, 2.75) is 78.7 Å². The third-order valence-electron chi connectivity index (χ3n) is 5.14. The Hall–Kier alpha value is -0.0301. The van der Waals surface area contributed by atoms with E-state index in [4.69, 9.17) is 9.31 Å². The highest BCUT2D eigenvalue weighted by Crippen LogP contribution is 2.39. The number of rotatable bonds is 3. The molecule has 0 unspecified atom stereocenters. The summed E-state index contributed by atoms with van der Waals surface area (Å²) in [5.74, 6) is 0. The molecule has 0 amide bonds. The Morgan fingerprint density at radius 3 is 1.45 bits per heavy atom. The van der Waals surface area contributed by atoms with Crippen LogP contribution >= 0.6 is 0 Å². The van der Waals surface area contributed by atoms with Crippen LogP contribution in [0.3, 0.4) is 0 Å². The highest BCUT2D eigenvalue weighted by atomic mass is 16.7. The summed E-state index contributed by atoms with van der Waals surface area (Å²) in [4.78, 5) is 5.00. The van der Waals surface area contributed by atoms with Gasteiger partial charge in [-0.05, 0) is 39.8 Å². The van der Waals surface area contributed by atoms with Gasteiger partial charge >= 0.3 is 13.9 Å². The van der Waals surface area contributed by atoms with E-state index in [1.807, 2.05) is 0 Å². The first-order chi connectivity index (χ1) is 9.07. The SMILES string of the molecule is CC(C)N1CCN(C(C)C)B1B1OC(C)(C)C(C)(C)O1. The van der Waals surface area contributed by atoms with E-state index in [2.05, 4.69) is 65.0 Å². The zero-order chi connectivity index (χ0) is 15.3. The Kier molecular flexibility index (Phi) is 4.34. The highest BCUT2D eigenvalue weighted by Gasteiger charge is 2.60. The average molecular weight is 280 g/mol. The summed E-state index contributed by atoms with van der Waals surface area (Å²) in [5.41, 5.74) is -0.517. The maximum absolute atomic E-state index is 6.30. The molecule has 0 atom stereocenters. The Morgan fingerprint density at radius 1 is 0.800 bits per heavy atom. The molecule has 4 nitrogen and oxygen atoms in total. The molecule has 2 aliphatic rings. The molecular weight excluding hydrogens is 250 g/mol. The lowest BCUT2D eigenvalue weighted by Gasteiger charge is -2.32. The molecule has 2 saturated heterocycles. The fraction of sp³-hybridized carbons (Fsp3) is 1.00. The minimum Gasteiger partial charge on any atom is -0.407 e. The zero-order valence-electron chi connectivity index (χ0n) is 14.4. The number of hydrogen-bond donors (Lipinski definition) is 0. The van der Waals surface area contributed by atoms with Crippen molar-refractivity contribution in [3.8, 4) is 0 Å². The van der Waals surface area contributed by atoms with Crippen molar-refractivity contribution in [1.29, 1.82) is 0 Å². The number of nitrogens with zero attached hydrogens (tertiary/aromatic N) is 2. The monoisotopic (exact) mass is 280 g/mol. The van der Waals surface area contributed by atoms with Gasteiger partial charge in [-0.15, -0.1) is 0 Å². The first kappa shape index (κ1) is 16.3. The molecular formula is C14H30B2N2O2. The van der Waals surface area contributed by atoms with Crippen molar-refractivity contribution in [2.24, 2.45) is 0 Å². The van der Waals surface area contributed by atoms with Crippen LogP contribution in [0.25, 0.3) is 0 Å². The van der Waals surface area contributed by atoms with Crippen molar-refractivity contribution in [2.75, 3.05) is 13.1 Å². The molecule has 0 radical (unpaired) electrons. The van der Waals surface area contributed by atoms with Gasteiger partial charge in [0.25, 0.3) is 0 Å². The van der Waals surface area contributed by atoms with Crippen LogP contribution < -0.4 is 0 Å². The standard InChI is InChI=1S/C14H30B2N2O2/c1-11(2)17-9-10-18(12(3)4)15(17)16-19-13(5,6)14(7,8)20-16/h11-12H,9-10H2,1-8H3. The van der Waals surface area contributed by atoms with E-state index in [9.17, 15) is 0 Å². The summed E-state index contributed by atoms with van der Waals surface area (Å²) in [6, 6.07) is 1.01. The smallest absolute Gasteiger partial charge is 0.407 e. The first-order valence-electron chi connectivity index (χ1n) is 7.94. The molecule has 0 aromatic carbocycles. The molecule has 2 rings (SSSR count). The Balaban J connectivity index is 2.24. The largest absolute Gasteiger partial charge is 0.451 e. The summed E-state index contributed by atoms with van der Waals surface area (Å²) in [5, 5.41) is 0. The highest BCUT2D eigenvalue weighted by molar-refractivity contribution is 7.14. The van der Waals surface area contributed by atoms with Gasteiger partial charge in [0, 0.05) is 13.1 Å². The molecule has 0 aromatic rings. The lowest BCUT2D eigenvalue weighted by Crippen LogP contribution is -2.60. The molecule has 0 saturated carbocycles. The van der Waals surface area contributed by atoms with Gasteiger partial charge in [0.15, 0.2) is 0 Å². The normalized spacial score (nSPS) is 27.3. The van der Waals surface area contributed by atoms with E-state index in [0.717, 1.165) is 13.1 Å². The van der Waals surface area contributed by atoms with Crippen molar-refractivity contribution in [1.82, 2.24) is 9.62 Å². The molecule has 2 aliphatic heterocycles. The van der Waals surface area contributed by atoms with Crippen LogP contribution in [0.1, 0.15) is 55.4 Å². The molecule has 20 heavy (non-hydrogen) atoms. The summed E-state index contributed by atoms with van der Waals surface area (Å²) in [7, 11) is -0.174. The lowest BCUT2D eigenvalue weighted by atomic mass is 9.39. The summed E-state index contributed by atoms with van der Waals surface area (Å²) in [6.45, 7) is 19.9. The first-order valence-corrected chi connectivity index (χ1v) is 7.94. The third-order valence-corrected chi connectivity index (χ3v) is 5.14. The predicted molar refractivity (Wildman–Crippen MR) is 85.5 cm³/mol. The molecule has 2 heterocycles. The van der Waals surface area contributed by atoms with Gasteiger partial charge in [-0.1, -0.05) is 27.7 Å². The van der Waals surface area contributed by atoms with Crippen molar-refractivity contribution in [3.05, 3.63) is 0 Å². The summed E-state index contributed by atoms with van der Waals surface area (Å²) < 4.78 is 12.6. The van der Waals surface area contributed by atoms with E-state index < -0.39 is 0 Å². The fourth-order valence-corrected chi connectivity index (χ4v) is 3.14. The molecule has 0 aromatic heterocycles. The predicted octanol–water partition coefficient (Wildman–Crippen LogP) is 2.08. The Labute approximate surface area is 125 Å². The van der Waals surface area contributed by atoms with Crippen LogP contribution in [0.4, 0.5) is 0 Å². The molecule has 0 bridgehead atoms. The fourth-order valence-electron chi connectivity index (χ4n) is 3.14. The zero-order valence-corrected chi connectivity index (χ0v) is 14.4. The molecule has 114 valence electrons. The second-order valence-electron chi connectivity index (χ2n) is 7.70. The van der Waals surface area contributed by atoms with Gasteiger partial charge in [0.2, 0.25) is 0 Å². The van der Waals surface area contributed by atoms with Crippen LogP contribution in [0.15, 0.2) is 0 Å². The van der Waals surface area contributed by atoms with E-state index in [0.29, 0.717) is 12.1 Å². The van der Waals surface area contributed by atoms with Gasteiger partial charge < -0.3 is 18.9 Å². The van der Waals surface area contributed by atoms with E-state index in [1.165, 1.54) is 0 Å². The van der Waals surface area contributed by atoms with E-state index >= 15 is 0 Å². The van der Waals surface area contributed by atoms with Crippen molar-refractivity contribution < 1.29 is 9.31 Å². The summed E-state index contributed by atoms with van der Waals surface area (Å²) in [6.07, 6.45) is 0. The maximum Gasteiger partial charge on any atom is 0.451 e. The van der Waals surface area contributed by atoms with Gasteiger partial charge in [-0.25, -0.2) is 0 Å². The molecule has 0 aliphatic carbocycles. The second kappa shape index (κ2) is 5.31. The van der Waals surface area contributed by atoms with Crippen molar-refractivity contribution in [3.63, 3.8) is 0 Å². The van der Waals surface area contributed by atoms with Gasteiger partial charge in [-0.3, -0.25) is 0 Å². The third kappa shape index (κ3) is 2.68. The van der Waals surface area contributed by atoms with Gasteiger partial charge in [0.05, 0.1) is 11.2 Å². The van der Waals surface area contributed by atoms with E-state index in [1.54, 1.807) is 0 Å². The lowest BCUT2D eigenvalue weighted by molar-refractivity contribution is 0.00578. The van der Waals surface area contributed by atoms with Crippen LogP contribution in [-0.2, 0) is 9.31 Å². The average Bonchev–Trinajstić information content (AvgIpc) is 2.78. The maximum atomic E-state index is 6.30. The molecule has 0 N–H and O–H groups in total. The Morgan fingerprint density at radius 2 is 1.15 bits per heavy atom. The number of hydrogen-bond acceptors (Lipinski definition) is 4. The van der Waals surface area contributed by atoms with Gasteiger partial charge in [-0.2, -0.15) is 0 Å².